The number of hydrogen-bond donors (Lipinski definition) is 1. The minimum absolute atomic E-state index is 0.101. The Morgan fingerprint density at radius 2 is 2.12 bits per heavy atom. The Balaban J connectivity index is 2.50. The molecule has 0 spiro atoms. The largest absolute Gasteiger partial charge is 0.342 e. The normalized spacial score (nSPS) is 23.6. The highest BCUT2D eigenvalue weighted by atomic mass is 16.2. The van der Waals surface area contributed by atoms with Gasteiger partial charge in [-0.25, -0.2) is 0 Å². The van der Waals surface area contributed by atoms with Crippen molar-refractivity contribution in [3.63, 3.8) is 0 Å². The van der Waals surface area contributed by atoms with Crippen molar-refractivity contribution in [1.29, 1.82) is 0 Å². The van der Waals surface area contributed by atoms with Crippen molar-refractivity contribution >= 4 is 5.91 Å². The molecule has 3 heteroatoms. The molecule has 0 aromatic carbocycles. The van der Waals surface area contributed by atoms with Crippen LogP contribution in [0.15, 0.2) is 0 Å². The molecule has 1 aliphatic heterocycles. The summed E-state index contributed by atoms with van der Waals surface area (Å²) in [6, 6.07) is 0. The predicted molar refractivity (Wildman–Crippen MR) is 67.2 cm³/mol. The van der Waals surface area contributed by atoms with E-state index in [1.807, 2.05) is 18.9 Å². The van der Waals surface area contributed by atoms with Crippen molar-refractivity contribution in [2.24, 2.45) is 17.3 Å². The second kappa shape index (κ2) is 5.17. The van der Waals surface area contributed by atoms with Crippen LogP contribution in [-0.4, -0.2) is 37.5 Å². The topological polar surface area (TPSA) is 32.3 Å². The van der Waals surface area contributed by atoms with Crippen LogP contribution in [0.3, 0.4) is 0 Å². The van der Waals surface area contributed by atoms with Crippen molar-refractivity contribution in [2.75, 3.05) is 26.7 Å². The number of nitrogens with one attached hydrogen (secondary N) is 1. The fourth-order valence-corrected chi connectivity index (χ4v) is 2.37. The van der Waals surface area contributed by atoms with Gasteiger partial charge in [0.05, 0.1) is 0 Å². The van der Waals surface area contributed by atoms with Crippen LogP contribution in [0, 0.1) is 17.3 Å². The molecule has 1 amide bonds. The molecule has 2 unspecified atom stereocenters. The van der Waals surface area contributed by atoms with Crippen LogP contribution in [0.1, 0.15) is 34.1 Å². The van der Waals surface area contributed by atoms with E-state index in [9.17, 15) is 4.79 Å². The molecule has 94 valence electrons. The fraction of sp³-hybridized carbons (Fsp3) is 0.923. The number of carbonyl (C=O) groups excluding carboxylic acids is 1. The zero-order chi connectivity index (χ0) is 12.3. The third-order valence-electron chi connectivity index (χ3n) is 3.66. The molecular formula is C13H26N2O. The first-order valence-corrected chi connectivity index (χ1v) is 6.29. The molecule has 1 fully saturated rings. The molecule has 1 aliphatic rings. The van der Waals surface area contributed by atoms with E-state index in [2.05, 4.69) is 26.1 Å². The lowest BCUT2D eigenvalue weighted by atomic mass is 9.80. The molecule has 1 heterocycles. The molecule has 16 heavy (non-hydrogen) atoms. The van der Waals surface area contributed by atoms with Gasteiger partial charge < -0.3 is 10.2 Å². The maximum Gasteiger partial charge on any atom is 0.226 e. The molecule has 0 bridgehead atoms. The maximum absolute atomic E-state index is 12.1. The molecule has 0 saturated carbocycles. The molecule has 1 N–H and O–H groups in total. The lowest BCUT2D eigenvalue weighted by Gasteiger charge is -2.27. The van der Waals surface area contributed by atoms with Crippen molar-refractivity contribution in [3.8, 4) is 0 Å². The van der Waals surface area contributed by atoms with Crippen LogP contribution in [0.2, 0.25) is 0 Å². The van der Waals surface area contributed by atoms with Crippen LogP contribution in [-0.2, 0) is 4.79 Å². The second-order valence-corrected chi connectivity index (χ2v) is 6.09. The van der Waals surface area contributed by atoms with Crippen molar-refractivity contribution < 1.29 is 4.79 Å². The summed E-state index contributed by atoms with van der Waals surface area (Å²) in [6.07, 6.45) is 1.15. The molecule has 0 radical (unpaired) electrons. The highest BCUT2D eigenvalue weighted by molar-refractivity contribution is 5.79. The van der Waals surface area contributed by atoms with Gasteiger partial charge in [-0.3, -0.25) is 4.79 Å². The predicted octanol–water partition coefficient (Wildman–Crippen LogP) is 1.74. The third kappa shape index (κ3) is 3.21. The van der Waals surface area contributed by atoms with Gasteiger partial charge in [-0.05, 0) is 24.8 Å². The van der Waals surface area contributed by atoms with Gasteiger partial charge in [-0.15, -0.1) is 0 Å². The highest BCUT2D eigenvalue weighted by Crippen LogP contribution is 2.33. The Hall–Kier alpha value is -0.570. The average Bonchev–Trinajstić information content (AvgIpc) is 2.65. The quantitative estimate of drug-likeness (QED) is 0.795. The average molecular weight is 226 g/mol. The van der Waals surface area contributed by atoms with Crippen molar-refractivity contribution in [1.82, 2.24) is 10.2 Å². The molecular weight excluding hydrogens is 200 g/mol. The molecule has 0 aliphatic carbocycles. The van der Waals surface area contributed by atoms with Gasteiger partial charge >= 0.3 is 0 Å². The molecule has 1 saturated heterocycles. The Kier molecular flexibility index (Phi) is 4.36. The van der Waals surface area contributed by atoms with Gasteiger partial charge in [-0.2, -0.15) is 0 Å². The smallest absolute Gasteiger partial charge is 0.226 e. The van der Waals surface area contributed by atoms with Gasteiger partial charge in [-0.1, -0.05) is 27.7 Å². The van der Waals surface area contributed by atoms with E-state index < -0.39 is 0 Å². The van der Waals surface area contributed by atoms with E-state index in [1.54, 1.807) is 0 Å². The summed E-state index contributed by atoms with van der Waals surface area (Å²) < 4.78 is 0. The Morgan fingerprint density at radius 1 is 1.50 bits per heavy atom. The molecule has 1 rings (SSSR count). The maximum atomic E-state index is 12.1. The number of nitrogens with zero attached hydrogens (tertiary/aromatic N) is 1. The van der Waals surface area contributed by atoms with Gasteiger partial charge in [0.15, 0.2) is 0 Å². The van der Waals surface area contributed by atoms with E-state index in [1.165, 1.54) is 0 Å². The minimum Gasteiger partial charge on any atom is -0.342 e. The van der Waals surface area contributed by atoms with Gasteiger partial charge in [0.2, 0.25) is 5.91 Å². The highest BCUT2D eigenvalue weighted by Gasteiger charge is 2.34. The summed E-state index contributed by atoms with van der Waals surface area (Å²) in [7, 11) is 1.89. The van der Waals surface area contributed by atoms with E-state index in [4.69, 9.17) is 0 Å². The van der Waals surface area contributed by atoms with Gasteiger partial charge in [0.25, 0.3) is 0 Å². The van der Waals surface area contributed by atoms with Crippen LogP contribution < -0.4 is 5.32 Å². The van der Waals surface area contributed by atoms with Crippen LogP contribution >= 0.6 is 0 Å². The SMILES string of the molecule is CNCC(C)C(=O)N1CCC(C(C)(C)C)C1. The minimum atomic E-state index is 0.101. The monoisotopic (exact) mass is 226 g/mol. The number of amides is 1. The zero-order valence-corrected chi connectivity index (χ0v) is 11.3. The van der Waals surface area contributed by atoms with E-state index in [-0.39, 0.29) is 5.92 Å². The van der Waals surface area contributed by atoms with Crippen molar-refractivity contribution in [3.05, 3.63) is 0 Å². The number of hydrogen-bond acceptors (Lipinski definition) is 2. The summed E-state index contributed by atoms with van der Waals surface area (Å²) in [5.74, 6) is 1.06. The molecule has 0 aromatic rings. The molecule has 2 atom stereocenters. The van der Waals surface area contributed by atoms with E-state index in [0.717, 1.165) is 26.1 Å². The van der Waals surface area contributed by atoms with Crippen LogP contribution in [0.5, 0.6) is 0 Å². The number of rotatable bonds is 3. The first-order valence-electron chi connectivity index (χ1n) is 6.29. The first-order chi connectivity index (χ1) is 7.36. The fourth-order valence-electron chi connectivity index (χ4n) is 2.37. The van der Waals surface area contributed by atoms with E-state index in [0.29, 0.717) is 17.2 Å². The Morgan fingerprint density at radius 3 is 2.56 bits per heavy atom. The summed E-state index contributed by atoms with van der Waals surface area (Å²) in [5.41, 5.74) is 0.321. The van der Waals surface area contributed by atoms with Gasteiger partial charge in [0.1, 0.15) is 0 Å². The third-order valence-corrected chi connectivity index (χ3v) is 3.66. The van der Waals surface area contributed by atoms with E-state index >= 15 is 0 Å². The summed E-state index contributed by atoms with van der Waals surface area (Å²) in [4.78, 5) is 14.1. The lowest BCUT2D eigenvalue weighted by molar-refractivity contribution is -0.134. The lowest BCUT2D eigenvalue weighted by Crippen LogP contribution is -2.38. The van der Waals surface area contributed by atoms with Crippen LogP contribution in [0.25, 0.3) is 0 Å². The Labute approximate surface area is 99.6 Å². The summed E-state index contributed by atoms with van der Waals surface area (Å²) in [6.45, 7) is 11.5. The number of likely N-dealkylation sites (tertiary alicyclic amines) is 1. The standard InChI is InChI=1S/C13H26N2O/c1-10(8-14-5)12(16)15-7-6-11(9-15)13(2,3)4/h10-11,14H,6-9H2,1-5H3. The summed E-state index contributed by atoms with van der Waals surface area (Å²) >= 11 is 0. The first kappa shape index (κ1) is 13.5. The number of carbonyl (C=O) groups is 1. The Bertz CT molecular complexity index is 245. The van der Waals surface area contributed by atoms with Crippen LogP contribution in [0.4, 0.5) is 0 Å². The van der Waals surface area contributed by atoms with Gasteiger partial charge in [0, 0.05) is 25.6 Å². The summed E-state index contributed by atoms with van der Waals surface area (Å²) in [5, 5.41) is 3.07. The molecule has 0 aromatic heterocycles. The zero-order valence-electron chi connectivity index (χ0n) is 11.3. The second-order valence-electron chi connectivity index (χ2n) is 6.09. The molecule has 3 nitrogen and oxygen atoms in total. The van der Waals surface area contributed by atoms with Crippen molar-refractivity contribution in [2.45, 2.75) is 34.1 Å².